The van der Waals surface area contributed by atoms with E-state index in [9.17, 15) is 9.59 Å². The highest BCUT2D eigenvalue weighted by Gasteiger charge is 2.12. The second-order valence-corrected chi connectivity index (χ2v) is 14.8. The number of esters is 2. The van der Waals surface area contributed by atoms with E-state index in [2.05, 4.69) is 34.3 Å². The minimum atomic E-state index is -0.589. The van der Waals surface area contributed by atoms with Crippen LogP contribution in [0.15, 0.2) is 154 Å². The topological polar surface area (TPSA) is 121 Å². The van der Waals surface area contributed by atoms with Gasteiger partial charge in [0.1, 0.15) is 34.4 Å². The molecule has 6 rings (SSSR count). The minimum absolute atomic E-state index is 0.0275. The van der Waals surface area contributed by atoms with Crippen molar-refractivity contribution in [2.24, 2.45) is 20.5 Å². The smallest absolute Gasteiger partial charge is 0.343 e. The van der Waals surface area contributed by atoms with Gasteiger partial charge >= 0.3 is 11.9 Å². The van der Waals surface area contributed by atoms with Crippen LogP contribution in [-0.4, -0.2) is 25.2 Å². The lowest BCUT2D eigenvalue weighted by Gasteiger charge is -2.08. The number of hydrogen-bond donors (Lipinski definition) is 0. The SMILES string of the molecule is CCCCCCOc1ccc(C(=O)Oc2ccc(N=Nc3ccc(Cc4ccc(N=Nc5ccc(OC(=O)c6ccc(OCCCCCC)cc6)cc5)c(F)c4)cc3F)cc2)cc1. The quantitative estimate of drug-likeness (QED) is 0.0290. The van der Waals surface area contributed by atoms with Gasteiger partial charge in [-0.2, -0.15) is 10.2 Å². The fourth-order valence-corrected chi connectivity index (χ4v) is 6.25. The summed E-state index contributed by atoms with van der Waals surface area (Å²) in [6.07, 6.45) is 9.19. The molecule has 0 aliphatic rings. The zero-order chi connectivity index (χ0) is 44.2. The van der Waals surface area contributed by atoms with Gasteiger partial charge in [0.05, 0.1) is 35.7 Å². The summed E-state index contributed by atoms with van der Waals surface area (Å²) >= 11 is 0. The molecule has 6 aromatic rings. The molecule has 0 atom stereocenters. The first-order valence-electron chi connectivity index (χ1n) is 21.3. The summed E-state index contributed by atoms with van der Waals surface area (Å²) < 4.78 is 52.6. The van der Waals surface area contributed by atoms with E-state index in [0.29, 0.717) is 69.8 Å². The number of azo groups is 2. The van der Waals surface area contributed by atoms with Crippen LogP contribution in [0.5, 0.6) is 23.0 Å². The highest BCUT2D eigenvalue weighted by atomic mass is 19.1. The van der Waals surface area contributed by atoms with Crippen molar-refractivity contribution in [3.05, 3.63) is 167 Å². The van der Waals surface area contributed by atoms with Crippen LogP contribution in [0.4, 0.5) is 31.5 Å². The van der Waals surface area contributed by atoms with Gasteiger partial charge in [-0.25, -0.2) is 18.4 Å². The number of halogens is 2. The van der Waals surface area contributed by atoms with Crippen molar-refractivity contribution in [3.8, 4) is 23.0 Å². The van der Waals surface area contributed by atoms with Crippen LogP contribution in [0.25, 0.3) is 0 Å². The van der Waals surface area contributed by atoms with Crippen LogP contribution in [0, 0.1) is 11.6 Å². The first kappa shape index (κ1) is 45.4. The Hall–Kier alpha value is -7.08. The summed E-state index contributed by atoms with van der Waals surface area (Å²) in [7, 11) is 0. The fourth-order valence-electron chi connectivity index (χ4n) is 6.25. The van der Waals surface area contributed by atoms with E-state index in [-0.39, 0.29) is 17.8 Å². The molecule has 0 bridgehead atoms. The van der Waals surface area contributed by atoms with E-state index in [1.807, 2.05) is 0 Å². The van der Waals surface area contributed by atoms with Gasteiger partial charge in [-0.15, -0.1) is 10.2 Å². The lowest BCUT2D eigenvalue weighted by atomic mass is 10.0. The molecule has 0 amide bonds. The van der Waals surface area contributed by atoms with Gasteiger partial charge in [-0.3, -0.25) is 0 Å². The van der Waals surface area contributed by atoms with Crippen LogP contribution >= 0.6 is 0 Å². The molecule has 0 spiro atoms. The van der Waals surface area contributed by atoms with E-state index in [4.69, 9.17) is 18.9 Å². The number of ether oxygens (including phenoxy) is 4. The van der Waals surface area contributed by atoms with Crippen LogP contribution in [0.2, 0.25) is 0 Å². The maximum Gasteiger partial charge on any atom is 0.343 e. The van der Waals surface area contributed by atoms with Gasteiger partial charge < -0.3 is 18.9 Å². The third-order valence-electron chi connectivity index (χ3n) is 9.79. The van der Waals surface area contributed by atoms with E-state index < -0.39 is 23.6 Å². The van der Waals surface area contributed by atoms with E-state index >= 15 is 8.78 Å². The Labute approximate surface area is 366 Å². The van der Waals surface area contributed by atoms with E-state index in [1.54, 1.807) is 109 Å². The molecule has 0 aliphatic heterocycles. The highest BCUT2D eigenvalue weighted by molar-refractivity contribution is 5.91. The first-order valence-corrected chi connectivity index (χ1v) is 21.3. The summed E-state index contributed by atoms with van der Waals surface area (Å²) in [5.41, 5.74) is 2.91. The predicted molar refractivity (Wildman–Crippen MR) is 239 cm³/mol. The first-order chi connectivity index (χ1) is 30.8. The molecule has 12 heteroatoms. The molecule has 0 unspecified atom stereocenters. The second-order valence-electron chi connectivity index (χ2n) is 14.8. The number of nitrogens with zero attached hydrogens (tertiary/aromatic N) is 4. The van der Waals surface area contributed by atoms with Crippen molar-refractivity contribution < 1.29 is 37.3 Å². The Morgan fingerprint density at radius 2 is 0.825 bits per heavy atom. The van der Waals surface area contributed by atoms with Gasteiger partial charge in [-0.05, 0) is 152 Å². The maximum absolute atomic E-state index is 15.1. The molecular formula is C51H50F2N4O6. The van der Waals surface area contributed by atoms with E-state index in [1.165, 1.54) is 49.9 Å². The molecule has 0 aliphatic carbocycles. The largest absolute Gasteiger partial charge is 0.494 e. The Bertz CT molecular complexity index is 2290. The average molecular weight is 853 g/mol. The molecule has 0 aromatic heterocycles. The van der Waals surface area contributed by atoms with Crippen LogP contribution in [-0.2, 0) is 6.42 Å². The Kier molecular flexibility index (Phi) is 17.2. The van der Waals surface area contributed by atoms with Gasteiger partial charge in [0.25, 0.3) is 0 Å². The molecule has 10 nitrogen and oxygen atoms in total. The monoisotopic (exact) mass is 852 g/mol. The number of benzene rings is 6. The van der Waals surface area contributed by atoms with Gasteiger partial charge in [0.2, 0.25) is 0 Å². The summed E-state index contributed by atoms with van der Waals surface area (Å²) in [5.74, 6) is -0.155. The molecule has 324 valence electrons. The van der Waals surface area contributed by atoms with Crippen LogP contribution in [0.3, 0.4) is 0 Å². The lowest BCUT2D eigenvalue weighted by molar-refractivity contribution is 0.0725. The lowest BCUT2D eigenvalue weighted by Crippen LogP contribution is -2.08. The Morgan fingerprint density at radius 3 is 1.19 bits per heavy atom. The van der Waals surface area contributed by atoms with Crippen molar-refractivity contribution in [3.63, 3.8) is 0 Å². The molecule has 63 heavy (non-hydrogen) atoms. The van der Waals surface area contributed by atoms with Crippen LogP contribution < -0.4 is 18.9 Å². The van der Waals surface area contributed by atoms with Crippen molar-refractivity contribution >= 4 is 34.7 Å². The summed E-state index contributed by atoms with van der Waals surface area (Å²) in [5, 5.41) is 16.3. The van der Waals surface area contributed by atoms with Crippen LogP contribution in [0.1, 0.15) is 97.1 Å². The normalized spacial score (nSPS) is 11.2. The summed E-state index contributed by atoms with van der Waals surface area (Å²) in [4.78, 5) is 25.3. The van der Waals surface area contributed by atoms with Crippen molar-refractivity contribution in [1.29, 1.82) is 0 Å². The third-order valence-corrected chi connectivity index (χ3v) is 9.79. The van der Waals surface area contributed by atoms with Gasteiger partial charge in [0.15, 0.2) is 11.6 Å². The second kappa shape index (κ2) is 23.8. The number of hydrogen-bond acceptors (Lipinski definition) is 10. The van der Waals surface area contributed by atoms with E-state index in [0.717, 1.165) is 25.7 Å². The van der Waals surface area contributed by atoms with Crippen molar-refractivity contribution in [2.45, 2.75) is 71.6 Å². The number of carbonyl (C=O) groups excluding carboxylic acids is 2. The molecule has 0 heterocycles. The highest BCUT2D eigenvalue weighted by Crippen LogP contribution is 2.28. The van der Waals surface area contributed by atoms with Gasteiger partial charge in [-0.1, -0.05) is 64.5 Å². The molecule has 0 N–H and O–H groups in total. The fraction of sp³-hybridized carbons (Fsp3) is 0.255. The molecule has 0 fully saturated rings. The summed E-state index contributed by atoms with van der Waals surface area (Å²) in [6.45, 7) is 5.60. The maximum atomic E-state index is 15.1. The van der Waals surface area contributed by atoms with Gasteiger partial charge in [0, 0.05) is 0 Å². The van der Waals surface area contributed by atoms with Crippen molar-refractivity contribution in [2.75, 3.05) is 13.2 Å². The molecule has 0 saturated heterocycles. The molecular weight excluding hydrogens is 803 g/mol. The number of carbonyl (C=O) groups is 2. The number of rotatable bonds is 22. The minimum Gasteiger partial charge on any atom is -0.494 e. The molecule has 0 saturated carbocycles. The molecule has 6 aromatic carbocycles. The predicted octanol–water partition coefficient (Wildman–Crippen LogP) is 14.7. The molecule has 0 radical (unpaired) electrons. The zero-order valence-electron chi connectivity index (χ0n) is 35.5. The zero-order valence-corrected chi connectivity index (χ0v) is 35.5. The number of unbranched alkanes of at least 4 members (excludes halogenated alkanes) is 6. The Balaban J connectivity index is 0.947. The standard InChI is InChI=1S/C51H50F2N4O6/c1-3-5-7-9-31-60-42-21-13-38(14-22-42)50(58)62-44-25-17-40(18-26-44)54-56-48-29-11-36(34-46(48)52)33-37-12-30-49(47(53)35-37)57-55-41-19-27-45(28-20-41)63-51(59)39-15-23-43(24-16-39)61-32-10-8-6-4-2/h11-30,34-35H,3-10,31-33H2,1-2H3. The van der Waals surface area contributed by atoms with Crippen molar-refractivity contribution in [1.82, 2.24) is 0 Å². The Morgan fingerprint density at radius 1 is 0.444 bits per heavy atom. The third kappa shape index (κ3) is 14.5. The summed E-state index contributed by atoms with van der Waals surface area (Å²) in [6, 6.07) is 35.4. The average Bonchev–Trinajstić information content (AvgIpc) is 3.29.